The maximum absolute atomic E-state index is 13.8. The van der Waals surface area contributed by atoms with Crippen molar-refractivity contribution in [1.82, 2.24) is 9.88 Å². The molecule has 0 aliphatic carbocycles. The molecule has 2 heterocycles. The highest BCUT2D eigenvalue weighted by Crippen LogP contribution is 2.29. The average molecular weight is 363 g/mol. The average Bonchev–Trinajstić information content (AvgIpc) is 2.54. The van der Waals surface area contributed by atoms with Gasteiger partial charge in [0.2, 0.25) is 0 Å². The molecule has 2 aromatic rings. The van der Waals surface area contributed by atoms with Crippen molar-refractivity contribution in [2.24, 2.45) is 0 Å². The van der Waals surface area contributed by atoms with Crippen LogP contribution >= 0.6 is 0 Å². The highest BCUT2D eigenvalue weighted by atomic mass is 19.3. The molecule has 0 atom stereocenters. The Labute approximate surface area is 139 Å². The maximum atomic E-state index is 13.8. The summed E-state index contributed by atoms with van der Waals surface area (Å²) in [6.45, 7) is -0.181. The molecule has 0 spiro atoms. The van der Waals surface area contributed by atoms with Crippen LogP contribution in [0.15, 0.2) is 24.4 Å². The summed E-state index contributed by atoms with van der Waals surface area (Å²) >= 11 is 0. The molecule has 0 radical (unpaired) electrons. The molecule has 1 aromatic heterocycles. The molecule has 136 valence electrons. The topological polar surface area (TPSA) is 19.4 Å². The fourth-order valence-corrected chi connectivity index (χ4v) is 2.95. The predicted molar refractivity (Wildman–Crippen MR) is 81.3 cm³/mol. The first-order chi connectivity index (χ1) is 11.8. The number of alkyl halides is 4. The highest BCUT2D eigenvalue weighted by Gasteiger charge is 2.42. The molecular formula is C16H15F6N3. The van der Waals surface area contributed by atoms with Gasteiger partial charge in [-0.2, -0.15) is 8.78 Å². The van der Waals surface area contributed by atoms with Crippen LogP contribution in [0.2, 0.25) is 0 Å². The van der Waals surface area contributed by atoms with Crippen LogP contribution in [0.25, 0.3) is 10.9 Å². The van der Waals surface area contributed by atoms with E-state index >= 15 is 0 Å². The van der Waals surface area contributed by atoms with E-state index in [9.17, 15) is 26.3 Å². The molecule has 1 aliphatic rings. The van der Waals surface area contributed by atoms with E-state index in [0.29, 0.717) is 5.69 Å². The number of piperazine rings is 1. The third-order valence-corrected chi connectivity index (χ3v) is 4.21. The molecule has 0 bridgehead atoms. The number of hydrogen-bond acceptors (Lipinski definition) is 3. The Bertz CT molecular complexity index is 759. The van der Waals surface area contributed by atoms with Crippen molar-refractivity contribution in [3.05, 3.63) is 36.0 Å². The molecule has 1 fully saturated rings. The second kappa shape index (κ2) is 6.70. The summed E-state index contributed by atoms with van der Waals surface area (Å²) in [7, 11) is 0. The number of aromatic nitrogens is 1. The van der Waals surface area contributed by atoms with E-state index in [-0.39, 0.29) is 37.1 Å². The van der Waals surface area contributed by atoms with Crippen LogP contribution in [0.1, 0.15) is 0 Å². The van der Waals surface area contributed by atoms with Gasteiger partial charge in [0.15, 0.2) is 5.82 Å². The van der Waals surface area contributed by atoms with Gasteiger partial charge < -0.3 is 4.90 Å². The molecule has 3 nitrogen and oxygen atoms in total. The van der Waals surface area contributed by atoms with Gasteiger partial charge in [-0.1, -0.05) is 0 Å². The van der Waals surface area contributed by atoms with E-state index < -0.39 is 30.5 Å². The van der Waals surface area contributed by atoms with Crippen molar-refractivity contribution in [3.8, 4) is 0 Å². The summed E-state index contributed by atoms with van der Waals surface area (Å²) < 4.78 is 78.2. The Morgan fingerprint density at radius 2 is 1.76 bits per heavy atom. The zero-order valence-electron chi connectivity index (χ0n) is 13.0. The van der Waals surface area contributed by atoms with Gasteiger partial charge in [-0.15, -0.1) is 0 Å². The van der Waals surface area contributed by atoms with E-state index in [2.05, 4.69) is 4.98 Å². The number of pyridine rings is 1. The minimum Gasteiger partial charge on any atom is -0.368 e. The standard InChI is InChI=1S/C16H15F6N3/c17-10-7-11-13(1-2-23-14(11)12(18)8-10)25-5-3-24(4-6-25)9-16(21,22)15(19)20/h1-2,7-8,15H,3-6,9H2. The number of halogens is 6. The van der Waals surface area contributed by atoms with Crippen molar-refractivity contribution in [3.63, 3.8) is 0 Å². The summed E-state index contributed by atoms with van der Waals surface area (Å²) in [6, 6.07) is 3.49. The third-order valence-electron chi connectivity index (χ3n) is 4.21. The normalized spacial score (nSPS) is 16.8. The molecule has 9 heteroatoms. The Morgan fingerprint density at radius 1 is 1.08 bits per heavy atom. The Balaban J connectivity index is 1.77. The van der Waals surface area contributed by atoms with Crippen molar-refractivity contribution in [2.45, 2.75) is 12.3 Å². The van der Waals surface area contributed by atoms with E-state index in [1.165, 1.54) is 11.1 Å². The summed E-state index contributed by atoms with van der Waals surface area (Å²) in [5.41, 5.74) is 0.550. The van der Waals surface area contributed by atoms with Crippen LogP contribution in [0.5, 0.6) is 0 Å². The summed E-state index contributed by atoms with van der Waals surface area (Å²) in [6.07, 6.45) is -2.32. The van der Waals surface area contributed by atoms with Crippen LogP contribution in [0.3, 0.4) is 0 Å². The first kappa shape index (κ1) is 17.8. The van der Waals surface area contributed by atoms with E-state index in [4.69, 9.17) is 0 Å². The molecule has 0 unspecified atom stereocenters. The molecule has 0 amide bonds. The van der Waals surface area contributed by atoms with Gasteiger partial charge in [0.25, 0.3) is 0 Å². The lowest BCUT2D eigenvalue weighted by molar-refractivity contribution is -0.142. The lowest BCUT2D eigenvalue weighted by Gasteiger charge is -2.37. The fourth-order valence-electron chi connectivity index (χ4n) is 2.95. The Hall–Kier alpha value is -2.03. The smallest absolute Gasteiger partial charge is 0.319 e. The SMILES string of the molecule is Fc1cc(F)c2nccc(N3CCN(CC(F)(F)C(F)F)CC3)c2c1. The fraction of sp³-hybridized carbons (Fsp3) is 0.438. The third kappa shape index (κ3) is 3.65. The van der Waals surface area contributed by atoms with Crippen molar-refractivity contribution in [1.29, 1.82) is 0 Å². The molecule has 1 aromatic carbocycles. The zero-order valence-corrected chi connectivity index (χ0v) is 13.0. The number of rotatable bonds is 4. The second-order valence-electron chi connectivity index (χ2n) is 5.94. The van der Waals surface area contributed by atoms with Crippen molar-refractivity contribution < 1.29 is 26.3 Å². The summed E-state index contributed by atoms with van der Waals surface area (Å²) in [4.78, 5) is 6.93. The largest absolute Gasteiger partial charge is 0.368 e. The lowest BCUT2D eigenvalue weighted by Crippen LogP contribution is -2.51. The van der Waals surface area contributed by atoms with E-state index in [1.54, 1.807) is 11.0 Å². The first-order valence-corrected chi connectivity index (χ1v) is 7.65. The van der Waals surface area contributed by atoms with Gasteiger partial charge in [-0.3, -0.25) is 9.88 Å². The number of benzene rings is 1. The monoisotopic (exact) mass is 363 g/mol. The molecule has 25 heavy (non-hydrogen) atoms. The summed E-state index contributed by atoms with van der Waals surface area (Å²) in [5.74, 6) is -5.58. The van der Waals surface area contributed by atoms with Crippen LogP contribution in [-0.4, -0.2) is 55.0 Å². The number of anilines is 1. The zero-order chi connectivity index (χ0) is 18.2. The van der Waals surface area contributed by atoms with Gasteiger partial charge in [0.05, 0.1) is 6.54 Å². The van der Waals surface area contributed by atoms with Gasteiger partial charge in [0, 0.05) is 49.5 Å². The molecule has 3 rings (SSSR count). The minimum absolute atomic E-state index is 0.0190. The van der Waals surface area contributed by atoms with Gasteiger partial charge in [-0.05, 0) is 12.1 Å². The van der Waals surface area contributed by atoms with Crippen LogP contribution in [-0.2, 0) is 0 Å². The van der Waals surface area contributed by atoms with Crippen LogP contribution in [0.4, 0.5) is 32.0 Å². The first-order valence-electron chi connectivity index (χ1n) is 7.65. The van der Waals surface area contributed by atoms with Crippen molar-refractivity contribution in [2.75, 3.05) is 37.6 Å². The lowest BCUT2D eigenvalue weighted by atomic mass is 10.1. The molecule has 0 N–H and O–H groups in total. The van der Waals surface area contributed by atoms with Gasteiger partial charge in [0.1, 0.15) is 11.3 Å². The minimum atomic E-state index is -4.06. The molecule has 1 aliphatic heterocycles. The van der Waals surface area contributed by atoms with Gasteiger partial charge >= 0.3 is 12.3 Å². The van der Waals surface area contributed by atoms with E-state index in [1.807, 2.05) is 0 Å². The Kier molecular flexibility index (Phi) is 4.77. The highest BCUT2D eigenvalue weighted by molar-refractivity contribution is 5.92. The Morgan fingerprint density at radius 3 is 2.40 bits per heavy atom. The van der Waals surface area contributed by atoms with Crippen molar-refractivity contribution >= 4 is 16.6 Å². The van der Waals surface area contributed by atoms with E-state index in [0.717, 1.165) is 12.1 Å². The van der Waals surface area contributed by atoms with Gasteiger partial charge in [-0.25, -0.2) is 17.6 Å². The maximum Gasteiger partial charge on any atom is 0.319 e. The second-order valence-corrected chi connectivity index (χ2v) is 5.94. The molecule has 0 saturated carbocycles. The molecular weight excluding hydrogens is 348 g/mol. The number of hydrogen-bond donors (Lipinski definition) is 0. The van der Waals surface area contributed by atoms with Crippen LogP contribution < -0.4 is 4.90 Å². The summed E-state index contributed by atoms with van der Waals surface area (Å²) in [5, 5.41) is 0.284. The predicted octanol–water partition coefficient (Wildman–Crippen LogP) is 3.54. The number of fused-ring (bicyclic) bond motifs is 1. The molecule has 1 saturated heterocycles. The number of nitrogens with zero attached hydrogens (tertiary/aromatic N) is 3. The quantitative estimate of drug-likeness (QED) is 0.775. The van der Waals surface area contributed by atoms with Crippen LogP contribution in [0, 0.1) is 11.6 Å².